The van der Waals surface area contributed by atoms with Gasteiger partial charge in [0.2, 0.25) is 0 Å². The second kappa shape index (κ2) is 7.15. The number of carbonyl (C=O) groups excluding carboxylic acids is 1. The first kappa shape index (κ1) is 18.5. The molecule has 0 unspecified atom stereocenters. The maximum atomic E-state index is 13.7. The fourth-order valence-corrected chi connectivity index (χ4v) is 2.75. The highest BCUT2D eigenvalue weighted by Crippen LogP contribution is 2.13. The van der Waals surface area contributed by atoms with Crippen LogP contribution in [0.3, 0.4) is 0 Å². The molecule has 0 N–H and O–H groups in total. The smallest absolute Gasteiger partial charge is 0.359 e. The Morgan fingerprint density at radius 2 is 2.00 bits per heavy atom. The van der Waals surface area contributed by atoms with Crippen LogP contribution in [0.2, 0.25) is 0 Å². The van der Waals surface area contributed by atoms with Crippen molar-refractivity contribution in [3.8, 4) is 0 Å². The molecule has 0 aromatic carbocycles. The highest BCUT2D eigenvalue weighted by molar-refractivity contribution is 7.90. The number of esters is 1. The summed E-state index contributed by atoms with van der Waals surface area (Å²) in [5.74, 6) is -2.37. The maximum Gasteiger partial charge on any atom is 0.359 e. The van der Waals surface area contributed by atoms with Gasteiger partial charge in [0.15, 0.2) is 21.3 Å². The molecular weight excluding hydrogens is 313 g/mol. The largest absolute Gasteiger partial charge is 0.464 e. The van der Waals surface area contributed by atoms with Gasteiger partial charge in [-0.2, -0.15) is 0 Å². The molecule has 0 amide bonds. The molecule has 0 aliphatic rings. The van der Waals surface area contributed by atoms with Crippen molar-refractivity contribution in [3.05, 3.63) is 29.3 Å². The van der Waals surface area contributed by atoms with E-state index in [2.05, 4.69) is 9.72 Å². The molecule has 1 aromatic heterocycles. The summed E-state index contributed by atoms with van der Waals surface area (Å²) in [4.78, 5) is 14.8. The molecule has 22 heavy (non-hydrogen) atoms. The summed E-state index contributed by atoms with van der Waals surface area (Å²) >= 11 is 0. The zero-order chi connectivity index (χ0) is 17.0. The quantitative estimate of drug-likeness (QED) is 0.738. The van der Waals surface area contributed by atoms with E-state index in [1.165, 1.54) is 0 Å². The monoisotopic (exact) mass is 333 g/mol. The Hall–Kier alpha value is -1.54. The maximum absolute atomic E-state index is 13.7. The number of pyridine rings is 1. The van der Waals surface area contributed by atoms with Gasteiger partial charge in [-0.1, -0.05) is 0 Å². The van der Waals surface area contributed by atoms with Gasteiger partial charge in [0.05, 0.1) is 30.8 Å². The fraction of sp³-hybridized carbons (Fsp3) is 0.571. The average molecular weight is 333 g/mol. The summed E-state index contributed by atoms with van der Waals surface area (Å²) in [7, 11) is -2.35. The predicted molar refractivity (Wildman–Crippen MR) is 78.7 cm³/mol. The van der Waals surface area contributed by atoms with E-state index in [1.54, 1.807) is 0 Å². The van der Waals surface area contributed by atoms with Gasteiger partial charge in [0.1, 0.15) is 0 Å². The van der Waals surface area contributed by atoms with Gasteiger partial charge in [0, 0.05) is 6.20 Å². The lowest BCUT2D eigenvalue weighted by Crippen LogP contribution is -2.24. The van der Waals surface area contributed by atoms with Crippen molar-refractivity contribution in [1.29, 1.82) is 0 Å². The number of halogens is 1. The minimum atomic E-state index is -3.46. The topological polar surface area (TPSA) is 82.6 Å². The Labute approximate surface area is 129 Å². The molecule has 0 saturated heterocycles. The number of ether oxygens (including phenoxy) is 2. The van der Waals surface area contributed by atoms with Crippen molar-refractivity contribution in [2.45, 2.75) is 32.1 Å². The molecule has 0 aliphatic heterocycles. The van der Waals surface area contributed by atoms with E-state index >= 15 is 0 Å². The van der Waals surface area contributed by atoms with Crippen molar-refractivity contribution < 1.29 is 27.1 Å². The molecule has 0 aliphatic carbocycles. The summed E-state index contributed by atoms with van der Waals surface area (Å²) in [5.41, 5.74) is -0.730. The summed E-state index contributed by atoms with van der Waals surface area (Å²) in [6.45, 7) is 5.53. The molecular formula is C14H20FNO5S. The molecule has 6 nitrogen and oxygen atoms in total. The molecule has 8 heteroatoms. The Morgan fingerprint density at radius 1 is 1.36 bits per heavy atom. The zero-order valence-electron chi connectivity index (χ0n) is 13.1. The molecule has 0 saturated carbocycles. The van der Waals surface area contributed by atoms with Crippen LogP contribution in [0.4, 0.5) is 4.39 Å². The predicted octanol–water partition coefficient (Wildman–Crippen LogP) is 1.74. The lowest BCUT2D eigenvalue weighted by molar-refractivity contribution is 0.00643. The van der Waals surface area contributed by atoms with Gasteiger partial charge in [-0.05, 0) is 32.4 Å². The van der Waals surface area contributed by atoms with Crippen LogP contribution in [0.1, 0.15) is 36.8 Å². The number of aromatic nitrogens is 1. The van der Waals surface area contributed by atoms with Crippen LogP contribution >= 0.6 is 0 Å². The minimum absolute atomic E-state index is 0.0575. The SMILES string of the molecule is COC(=O)c1ncc(CS(=O)(=O)CCOC(C)(C)C)cc1F. The van der Waals surface area contributed by atoms with Gasteiger partial charge in [0.25, 0.3) is 0 Å². The Bertz CT molecular complexity index is 637. The summed E-state index contributed by atoms with van der Waals surface area (Å²) in [5, 5.41) is 0. The van der Waals surface area contributed by atoms with Gasteiger partial charge in [-0.15, -0.1) is 0 Å². The van der Waals surface area contributed by atoms with Crippen molar-refractivity contribution >= 4 is 15.8 Å². The first-order valence-electron chi connectivity index (χ1n) is 6.61. The summed E-state index contributed by atoms with van der Waals surface area (Å²) < 4.78 is 47.3. The molecule has 0 fully saturated rings. The van der Waals surface area contributed by atoms with Crippen molar-refractivity contribution in [3.63, 3.8) is 0 Å². The Kier molecular flexibility index (Phi) is 6.01. The lowest BCUT2D eigenvalue weighted by Gasteiger charge is -2.19. The number of carbonyl (C=O) groups is 1. The number of hydrogen-bond donors (Lipinski definition) is 0. The van der Waals surface area contributed by atoms with Crippen molar-refractivity contribution in [2.24, 2.45) is 0 Å². The molecule has 0 spiro atoms. The van der Waals surface area contributed by atoms with Crippen LogP contribution in [-0.4, -0.2) is 44.4 Å². The Morgan fingerprint density at radius 3 is 2.50 bits per heavy atom. The van der Waals surface area contributed by atoms with E-state index in [-0.39, 0.29) is 23.7 Å². The summed E-state index contributed by atoms with van der Waals surface area (Å²) in [6, 6.07) is 0.974. The normalized spacial score (nSPS) is 12.2. The van der Waals surface area contributed by atoms with Gasteiger partial charge < -0.3 is 9.47 Å². The van der Waals surface area contributed by atoms with Crippen molar-refractivity contribution in [1.82, 2.24) is 4.98 Å². The third kappa shape index (κ3) is 6.07. The van der Waals surface area contributed by atoms with Crippen molar-refractivity contribution in [2.75, 3.05) is 19.5 Å². The number of sulfone groups is 1. The first-order valence-corrected chi connectivity index (χ1v) is 8.43. The fourth-order valence-electron chi connectivity index (χ4n) is 1.60. The van der Waals surface area contributed by atoms with Gasteiger partial charge in [-0.25, -0.2) is 22.6 Å². The van der Waals surface area contributed by atoms with Crippen LogP contribution in [0, 0.1) is 5.82 Å². The lowest BCUT2D eigenvalue weighted by atomic mass is 10.2. The zero-order valence-corrected chi connectivity index (χ0v) is 13.9. The van der Waals surface area contributed by atoms with E-state index in [1.807, 2.05) is 20.8 Å². The van der Waals surface area contributed by atoms with E-state index in [4.69, 9.17) is 4.74 Å². The van der Waals surface area contributed by atoms with E-state index in [0.29, 0.717) is 0 Å². The van der Waals surface area contributed by atoms with E-state index in [0.717, 1.165) is 19.4 Å². The standard InChI is InChI=1S/C14H20FNO5S/c1-14(2,3)21-5-6-22(18,19)9-10-7-11(15)12(16-8-10)13(17)20-4/h7-8H,5-6,9H2,1-4H3. The van der Waals surface area contributed by atoms with E-state index in [9.17, 15) is 17.6 Å². The third-order valence-electron chi connectivity index (χ3n) is 2.59. The molecule has 0 bridgehead atoms. The van der Waals surface area contributed by atoms with E-state index < -0.39 is 32.9 Å². The second-order valence-corrected chi connectivity index (χ2v) is 7.90. The van der Waals surface area contributed by atoms with Crippen LogP contribution < -0.4 is 0 Å². The molecule has 1 heterocycles. The van der Waals surface area contributed by atoms with Crippen LogP contribution in [-0.2, 0) is 25.1 Å². The first-order chi connectivity index (χ1) is 10.0. The van der Waals surface area contributed by atoms with Crippen LogP contribution in [0.15, 0.2) is 12.3 Å². The number of rotatable bonds is 6. The molecule has 1 aromatic rings. The Balaban J connectivity index is 2.74. The molecule has 0 radical (unpaired) electrons. The average Bonchev–Trinajstić information content (AvgIpc) is 2.35. The molecule has 124 valence electrons. The number of hydrogen-bond acceptors (Lipinski definition) is 6. The van der Waals surface area contributed by atoms with Crippen LogP contribution in [0.25, 0.3) is 0 Å². The summed E-state index contributed by atoms with van der Waals surface area (Å²) in [6.07, 6.45) is 1.15. The van der Waals surface area contributed by atoms with Gasteiger partial charge in [-0.3, -0.25) is 0 Å². The third-order valence-corrected chi connectivity index (χ3v) is 4.15. The van der Waals surface area contributed by atoms with Crippen LogP contribution in [0.5, 0.6) is 0 Å². The minimum Gasteiger partial charge on any atom is -0.464 e. The second-order valence-electron chi connectivity index (χ2n) is 5.72. The van der Waals surface area contributed by atoms with Gasteiger partial charge >= 0.3 is 5.97 Å². The molecule has 0 atom stereocenters. The highest BCUT2D eigenvalue weighted by Gasteiger charge is 2.19. The number of methoxy groups -OCH3 is 1. The highest BCUT2D eigenvalue weighted by atomic mass is 32.2. The number of nitrogens with zero attached hydrogens (tertiary/aromatic N) is 1. The molecule has 1 rings (SSSR count).